The fourth-order valence-corrected chi connectivity index (χ4v) is 1.54. The third-order valence-electron chi connectivity index (χ3n) is 2.19. The summed E-state index contributed by atoms with van der Waals surface area (Å²) in [4.78, 5) is 21.9. The Bertz CT molecular complexity index is 381. The number of rotatable bonds is 6. The number of hydrogen-bond acceptors (Lipinski definition) is 2. The predicted octanol–water partition coefficient (Wildman–Crippen LogP) is 1.95. The normalized spacial score (nSPS) is 11.8. The number of carboxylic acids is 1. The lowest BCUT2D eigenvalue weighted by Gasteiger charge is -2.10. The molecule has 1 aromatic rings. The lowest BCUT2D eigenvalue weighted by Crippen LogP contribution is -2.28. The van der Waals surface area contributed by atoms with Gasteiger partial charge in [0, 0.05) is 13.0 Å². The van der Waals surface area contributed by atoms with E-state index in [0.29, 0.717) is 13.0 Å². The van der Waals surface area contributed by atoms with E-state index in [2.05, 4.69) is 5.32 Å². The number of benzene rings is 1. The van der Waals surface area contributed by atoms with Gasteiger partial charge in [-0.3, -0.25) is 9.59 Å². The molecule has 2 N–H and O–H groups in total. The Morgan fingerprint density at radius 1 is 1.29 bits per heavy atom. The first-order valence-corrected chi connectivity index (χ1v) is 5.73. The first kappa shape index (κ1) is 13.5. The Morgan fingerprint density at radius 3 is 2.53 bits per heavy atom. The number of carbonyl (C=O) groups excluding carboxylic acids is 1. The molecule has 1 rings (SSSR count). The summed E-state index contributed by atoms with van der Waals surface area (Å²) in [6.07, 6.45) is 0.443. The maximum atomic E-state index is 11.6. The van der Waals surface area contributed by atoms with Crippen LogP contribution in [-0.4, -0.2) is 23.5 Å². The number of nitrogens with one attached hydrogen (secondary N) is 1. The van der Waals surface area contributed by atoms with Crippen LogP contribution in [0.1, 0.15) is 23.8 Å². The van der Waals surface area contributed by atoms with Crippen LogP contribution in [-0.2, 0) is 9.59 Å². The number of carbonyl (C=O) groups is 2. The van der Waals surface area contributed by atoms with Gasteiger partial charge in [0.15, 0.2) is 0 Å². The minimum Gasteiger partial charge on any atom is -0.481 e. The number of amides is 1. The maximum absolute atomic E-state index is 11.6. The van der Waals surface area contributed by atoms with Crippen LogP contribution in [0.25, 0.3) is 0 Å². The quantitative estimate of drug-likeness (QED) is 0.603. The molecule has 0 saturated carbocycles. The number of alkyl halides is 1. The van der Waals surface area contributed by atoms with Crippen LogP contribution in [0.5, 0.6) is 0 Å². The molecule has 0 aliphatic carbocycles. The molecule has 92 valence electrons. The Kier molecular flexibility index (Phi) is 5.49. The summed E-state index contributed by atoms with van der Waals surface area (Å²) in [5.41, 5.74) is 0.727. The van der Waals surface area contributed by atoms with E-state index >= 15 is 0 Å². The topological polar surface area (TPSA) is 66.4 Å². The Morgan fingerprint density at radius 2 is 1.94 bits per heavy atom. The molecule has 0 spiro atoms. The molecule has 1 unspecified atom stereocenters. The molecule has 4 nitrogen and oxygen atoms in total. The lowest BCUT2D eigenvalue weighted by atomic mass is 10.1. The average molecular weight is 256 g/mol. The highest BCUT2D eigenvalue weighted by Crippen LogP contribution is 2.19. The van der Waals surface area contributed by atoms with Crippen LogP contribution in [0.2, 0.25) is 0 Å². The van der Waals surface area contributed by atoms with Crippen molar-refractivity contribution in [1.82, 2.24) is 5.32 Å². The molecule has 0 saturated heterocycles. The molecule has 0 heterocycles. The van der Waals surface area contributed by atoms with Crippen molar-refractivity contribution in [2.24, 2.45) is 0 Å². The SMILES string of the molecule is O=C(O)CCCNC(=O)C(Cl)c1ccccc1. The van der Waals surface area contributed by atoms with Crippen LogP contribution in [0.4, 0.5) is 0 Å². The van der Waals surface area contributed by atoms with Gasteiger partial charge < -0.3 is 10.4 Å². The number of hydrogen-bond donors (Lipinski definition) is 2. The Balaban J connectivity index is 2.35. The van der Waals surface area contributed by atoms with Gasteiger partial charge in [0.2, 0.25) is 5.91 Å². The van der Waals surface area contributed by atoms with E-state index in [0.717, 1.165) is 5.56 Å². The molecule has 1 atom stereocenters. The molecule has 5 heteroatoms. The van der Waals surface area contributed by atoms with E-state index in [9.17, 15) is 9.59 Å². The second-order valence-corrected chi connectivity index (χ2v) is 4.00. The highest BCUT2D eigenvalue weighted by atomic mass is 35.5. The monoisotopic (exact) mass is 255 g/mol. The first-order chi connectivity index (χ1) is 8.11. The fourth-order valence-electron chi connectivity index (χ4n) is 1.31. The van der Waals surface area contributed by atoms with Crippen molar-refractivity contribution in [1.29, 1.82) is 0 Å². The van der Waals surface area contributed by atoms with Gasteiger partial charge in [0.1, 0.15) is 5.38 Å². The van der Waals surface area contributed by atoms with Crippen LogP contribution >= 0.6 is 11.6 Å². The summed E-state index contributed by atoms with van der Waals surface area (Å²) >= 11 is 5.97. The molecule has 1 amide bonds. The minimum absolute atomic E-state index is 0.0402. The highest BCUT2D eigenvalue weighted by molar-refractivity contribution is 6.30. The second-order valence-electron chi connectivity index (χ2n) is 3.56. The van der Waals surface area contributed by atoms with Crippen LogP contribution in [0.3, 0.4) is 0 Å². The summed E-state index contributed by atoms with van der Waals surface area (Å²) in [6.45, 7) is 0.321. The van der Waals surface area contributed by atoms with Gasteiger partial charge in [0.25, 0.3) is 0 Å². The predicted molar refractivity (Wildman–Crippen MR) is 64.9 cm³/mol. The van der Waals surface area contributed by atoms with Crippen molar-refractivity contribution in [2.75, 3.05) is 6.54 Å². The standard InChI is InChI=1S/C12H14ClNO3/c13-11(9-5-2-1-3-6-9)12(17)14-8-4-7-10(15)16/h1-3,5-6,11H,4,7-8H2,(H,14,17)(H,15,16). The van der Waals surface area contributed by atoms with Gasteiger partial charge in [-0.2, -0.15) is 0 Å². The van der Waals surface area contributed by atoms with E-state index < -0.39 is 11.3 Å². The fraction of sp³-hybridized carbons (Fsp3) is 0.333. The second kappa shape index (κ2) is 6.91. The first-order valence-electron chi connectivity index (χ1n) is 5.30. The molecule has 0 aliphatic rings. The summed E-state index contributed by atoms with van der Waals surface area (Å²) in [5.74, 6) is -1.17. The van der Waals surface area contributed by atoms with Crippen molar-refractivity contribution in [2.45, 2.75) is 18.2 Å². The summed E-state index contributed by atoms with van der Waals surface area (Å²) in [5, 5.41) is 10.3. The lowest BCUT2D eigenvalue weighted by molar-refractivity contribution is -0.137. The number of halogens is 1. The highest BCUT2D eigenvalue weighted by Gasteiger charge is 2.16. The summed E-state index contributed by atoms with van der Waals surface area (Å²) in [6, 6.07) is 9.01. The van der Waals surface area contributed by atoms with Gasteiger partial charge >= 0.3 is 5.97 Å². The average Bonchev–Trinajstić information content (AvgIpc) is 2.34. The van der Waals surface area contributed by atoms with Crippen LogP contribution < -0.4 is 5.32 Å². The molecule has 1 aromatic carbocycles. The molecular weight excluding hydrogens is 242 g/mol. The van der Waals surface area contributed by atoms with Gasteiger partial charge in [-0.25, -0.2) is 0 Å². The Labute approximate surface area is 105 Å². The van der Waals surface area contributed by atoms with Crippen molar-refractivity contribution in [3.8, 4) is 0 Å². The van der Waals surface area contributed by atoms with E-state index in [1.54, 1.807) is 12.1 Å². The van der Waals surface area contributed by atoms with Gasteiger partial charge in [-0.05, 0) is 12.0 Å². The van der Waals surface area contributed by atoms with E-state index in [1.807, 2.05) is 18.2 Å². The van der Waals surface area contributed by atoms with Gasteiger partial charge in [-0.15, -0.1) is 11.6 Å². The molecular formula is C12H14ClNO3. The van der Waals surface area contributed by atoms with Gasteiger partial charge in [-0.1, -0.05) is 30.3 Å². The smallest absolute Gasteiger partial charge is 0.303 e. The molecule has 0 aliphatic heterocycles. The molecule has 0 fully saturated rings. The maximum Gasteiger partial charge on any atom is 0.303 e. The zero-order chi connectivity index (χ0) is 12.7. The number of carboxylic acid groups (broad SMARTS) is 1. The summed E-state index contributed by atoms with van der Waals surface area (Å²) in [7, 11) is 0. The van der Waals surface area contributed by atoms with Crippen molar-refractivity contribution < 1.29 is 14.7 Å². The summed E-state index contributed by atoms with van der Waals surface area (Å²) < 4.78 is 0. The van der Waals surface area contributed by atoms with Gasteiger partial charge in [0.05, 0.1) is 0 Å². The third-order valence-corrected chi connectivity index (χ3v) is 2.64. The van der Waals surface area contributed by atoms with Crippen molar-refractivity contribution in [3.63, 3.8) is 0 Å². The molecule has 0 bridgehead atoms. The number of aliphatic carboxylic acids is 1. The van der Waals surface area contributed by atoms with Crippen LogP contribution in [0, 0.1) is 0 Å². The van der Waals surface area contributed by atoms with E-state index in [-0.39, 0.29) is 12.3 Å². The van der Waals surface area contributed by atoms with E-state index in [4.69, 9.17) is 16.7 Å². The minimum atomic E-state index is -0.871. The van der Waals surface area contributed by atoms with E-state index in [1.165, 1.54) is 0 Å². The largest absolute Gasteiger partial charge is 0.481 e. The molecule has 0 radical (unpaired) electrons. The van der Waals surface area contributed by atoms with Crippen molar-refractivity contribution >= 4 is 23.5 Å². The Hall–Kier alpha value is -1.55. The zero-order valence-electron chi connectivity index (χ0n) is 9.23. The van der Waals surface area contributed by atoms with Crippen LogP contribution in [0.15, 0.2) is 30.3 Å². The molecule has 17 heavy (non-hydrogen) atoms. The van der Waals surface area contributed by atoms with Crippen molar-refractivity contribution in [3.05, 3.63) is 35.9 Å². The third kappa shape index (κ3) is 4.87. The molecule has 0 aromatic heterocycles. The zero-order valence-corrected chi connectivity index (χ0v) is 9.98.